The molecular formula is C14H10Cl4N6O4S3. The molecule has 0 atom stereocenters. The van der Waals surface area contributed by atoms with Gasteiger partial charge in [-0.2, -0.15) is 0 Å². The minimum Gasteiger partial charge on any atom is -0.328 e. The number of nitrogens with one attached hydrogen (secondary N) is 2. The molecule has 1 aromatic heterocycles. The smallest absolute Gasteiger partial charge is 0.238 e. The van der Waals surface area contributed by atoms with E-state index in [2.05, 4.69) is 20.8 Å². The van der Waals surface area contributed by atoms with E-state index >= 15 is 0 Å². The van der Waals surface area contributed by atoms with Crippen LogP contribution in [0.2, 0.25) is 20.1 Å². The minimum atomic E-state index is -3.99. The van der Waals surface area contributed by atoms with Crippen LogP contribution in [0.25, 0.3) is 0 Å². The van der Waals surface area contributed by atoms with Crippen molar-refractivity contribution in [2.75, 3.05) is 10.6 Å². The molecule has 2 aromatic carbocycles. The number of nitrogens with zero attached hydrogens (tertiary/aromatic N) is 2. The third kappa shape index (κ3) is 5.69. The molecule has 0 fully saturated rings. The van der Waals surface area contributed by atoms with Crippen LogP contribution in [0.15, 0.2) is 34.1 Å². The molecule has 0 radical (unpaired) electrons. The van der Waals surface area contributed by atoms with Crippen LogP contribution >= 0.6 is 57.7 Å². The minimum absolute atomic E-state index is 0.00842. The second kappa shape index (κ2) is 8.84. The molecule has 10 nitrogen and oxygen atoms in total. The summed E-state index contributed by atoms with van der Waals surface area (Å²) in [4.78, 5) is -0.500. The molecule has 0 aliphatic carbocycles. The highest BCUT2D eigenvalue weighted by Gasteiger charge is 2.18. The summed E-state index contributed by atoms with van der Waals surface area (Å²) in [5, 5.41) is 24.1. The Morgan fingerprint density at radius 1 is 0.677 bits per heavy atom. The number of nitrogens with two attached hydrogens (primary N) is 2. The maximum Gasteiger partial charge on any atom is 0.238 e. The zero-order valence-corrected chi connectivity index (χ0v) is 20.2. The zero-order valence-electron chi connectivity index (χ0n) is 14.7. The van der Waals surface area contributed by atoms with Gasteiger partial charge in [0.1, 0.15) is 0 Å². The summed E-state index contributed by atoms with van der Waals surface area (Å²) in [6.45, 7) is 0. The lowest BCUT2D eigenvalue weighted by Crippen LogP contribution is -2.12. The van der Waals surface area contributed by atoms with Gasteiger partial charge in [0.15, 0.2) is 0 Å². The summed E-state index contributed by atoms with van der Waals surface area (Å²) in [7, 11) is -7.98. The van der Waals surface area contributed by atoms with Gasteiger partial charge in [0, 0.05) is 0 Å². The number of halogens is 4. The maximum absolute atomic E-state index is 11.5. The van der Waals surface area contributed by atoms with Gasteiger partial charge in [-0.3, -0.25) is 0 Å². The Kier molecular flexibility index (Phi) is 6.91. The van der Waals surface area contributed by atoms with Crippen molar-refractivity contribution in [2.24, 2.45) is 10.3 Å². The number of hydrogen-bond acceptors (Lipinski definition) is 9. The Bertz CT molecular complexity index is 1240. The van der Waals surface area contributed by atoms with E-state index in [-0.39, 0.29) is 51.5 Å². The molecule has 3 rings (SSSR count). The predicted octanol–water partition coefficient (Wildman–Crippen LogP) is 3.93. The Labute approximate surface area is 200 Å². The molecule has 0 unspecified atom stereocenters. The molecule has 0 amide bonds. The standard InChI is InChI=1S/C14H10Cl4N6O4S3/c15-7-1-5(30(19,25)26)2-8(16)11(7)21-13-23-24-14(29-13)22-12-9(17)3-6(4-10(12)18)31(20,27)28/h1-4H,(H,21,23)(H,22,24)(H2,19,25,26)(H2,20,27,28). The number of benzene rings is 2. The highest BCUT2D eigenvalue weighted by atomic mass is 35.5. The summed E-state index contributed by atoms with van der Waals surface area (Å²) >= 11 is 25.4. The first-order chi connectivity index (χ1) is 14.3. The average Bonchev–Trinajstić information content (AvgIpc) is 3.06. The van der Waals surface area contributed by atoms with Crippen LogP contribution in [0.5, 0.6) is 0 Å². The van der Waals surface area contributed by atoms with E-state index in [1.165, 1.54) is 0 Å². The SMILES string of the molecule is NS(=O)(=O)c1cc(Cl)c(Nc2nnc(Nc3c(Cl)cc(S(N)(=O)=O)cc3Cl)s2)c(Cl)c1. The van der Waals surface area contributed by atoms with E-state index in [9.17, 15) is 16.8 Å². The van der Waals surface area contributed by atoms with Crippen molar-refractivity contribution in [3.8, 4) is 0 Å². The lowest BCUT2D eigenvalue weighted by molar-refractivity contribution is 0.596. The lowest BCUT2D eigenvalue weighted by atomic mass is 10.3. The number of anilines is 4. The monoisotopic (exact) mass is 562 g/mol. The van der Waals surface area contributed by atoms with Crippen LogP contribution in [0.1, 0.15) is 0 Å². The Morgan fingerprint density at radius 2 is 0.968 bits per heavy atom. The van der Waals surface area contributed by atoms with E-state index in [1.54, 1.807) is 0 Å². The fourth-order valence-electron chi connectivity index (χ4n) is 2.21. The van der Waals surface area contributed by atoms with Crippen molar-refractivity contribution >= 4 is 99.4 Å². The fraction of sp³-hybridized carbons (Fsp3) is 0. The molecule has 31 heavy (non-hydrogen) atoms. The van der Waals surface area contributed by atoms with Crippen molar-refractivity contribution in [1.82, 2.24) is 10.2 Å². The molecule has 0 aliphatic heterocycles. The van der Waals surface area contributed by atoms with Crippen LogP contribution in [0.4, 0.5) is 21.6 Å². The van der Waals surface area contributed by atoms with E-state index in [4.69, 9.17) is 56.7 Å². The average molecular weight is 564 g/mol. The number of aromatic nitrogens is 2. The first-order valence-corrected chi connectivity index (χ1v) is 13.1. The van der Waals surface area contributed by atoms with Gasteiger partial charge in [0.25, 0.3) is 0 Å². The second-order valence-corrected chi connectivity index (χ2v) is 11.5. The van der Waals surface area contributed by atoms with Gasteiger partial charge in [-0.05, 0) is 24.3 Å². The molecule has 3 aromatic rings. The van der Waals surface area contributed by atoms with Gasteiger partial charge in [-0.25, -0.2) is 27.1 Å². The molecule has 0 saturated heterocycles. The summed E-state index contributed by atoms with van der Waals surface area (Å²) in [5.74, 6) is 0. The fourth-order valence-corrected chi connectivity index (χ4v) is 5.41. The molecule has 17 heteroatoms. The zero-order chi connectivity index (χ0) is 23.1. The highest BCUT2D eigenvalue weighted by molar-refractivity contribution is 7.89. The quantitative estimate of drug-likeness (QED) is 0.349. The van der Waals surface area contributed by atoms with Crippen LogP contribution in [0, 0.1) is 0 Å². The lowest BCUT2D eigenvalue weighted by Gasteiger charge is -2.10. The van der Waals surface area contributed by atoms with E-state index in [0.29, 0.717) is 0 Å². The molecule has 0 spiro atoms. The predicted molar refractivity (Wildman–Crippen MR) is 122 cm³/mol. The van der Waals surface area contributed by atoms with E-state index < -0.39 is 20.0 Å². The van der Waals surface area contributed by atoms with Crippen molar-refractivity contribution in [3.63, 3.8) is 0 Å². The molecule has 166 valence electrons. The van der Waals surface area contributed by atoms with Gasteiger partial charge in [0.05, 0.1) is 41.3 Å². The molecule has 1 heterocycles. The van der Waals surface area contributed by atoms with Crippen LogP contribution in [0.3, 0.4) is 0 Å². The normalized spacial score (nSPS) is 12.1. The molecule has 0 saturated carbocycles. The molecule has 0 bridgehead atoms. The van der Waals surface area contributed by atoms with Crippen molar-refractivity contribution < 1.29 is 16.8 Å². The largest absolute Gasteiger partial charge is 0.328 e. The number of primary sulfonamides is 2. The maximum atomic E-state index is 11.5. The van der Waals surface area contributed by atoms with Crippen molar-refractivity contribution in [3.05, 3.63) is 44.4 Å². The number of sulfonamides is 2. The van der Waals surface area contributed by atoms with E-state index in [0.717, 1.165) is 35.6 Å². The van der Waals surface area contributed by atoms with Crippen LogP contribution in [-0.2, 0) is 20.0 Å². The molecular weight excluding hydrogens is 554 g/mol. The van der Waals surface area contributed by atoms with Crippen LogP contribution < -0.4 is 20.9 Å². The summed E-state index contributed by atoms with van der Waals surface area (Å²) in [6, 6.07) is 4.55. The van der Waals surface area contributed by atoms with Crippen molar-refractivity contribution in [1.29, 1.82) is 0 Å². The van der Waals surface area contributed by atoms with E-state index in [1.807, 2.05) is 0 Å². The van der Waals surface area contributed by atoms with Gasteiger partial charge < -0.3 is 10.6 Å². The Hall–Kier alpha value is -1.42. The summed E-state index contributed by atoms with van der Waals surface area (Å²) in [6.07, 6.45) is 0. The van der Waals surface area contributed by atoms with Gasteiger partial charge in [-0.15, -0.1) is 10.2 Å². The highest BCUT2D eigenvalue weighted by Crippen LogP contribution is 2.39. The third-order valence-electron chi connectivity index (χ3n) is 3.58. The summed E-state index contributed by atoms with van der Waals surface area (Å²) in [5.41, 5.74) is 0.374. The van der Waals surface area contributed by atoms with Crippen molar-refractivity contribution in [2.45, 2.75) is 9.79 Å². The molecule has 0 aliphatic rings. The first-order valence-electron chi connectivity index (χ1n) is 7.67. The number of hydrogen-bond donors (Lipinski definition) is 4. The Balaban J connectivity index is 1.86. The van der Waals surface area contributed by atoms with Crippen LogP contribution in [-0.4, -0.2) is 27.0 Å². The topological polar surface area (TPSA) is 170 Å². The second-order valence-electron chi connectivity index (χ2n) is 5.78. The molecule has 6 N–H and O–H groups in total. The third-order valence-corrected chi connectivity index (χ3v) is 7.31. The summed E-state index contributed by atoms with van der Waals surface area (Å²) < 4.78 is 45.9. The first kappa shape index (κ1) is 24.2. The number of rotatable bonds is 6. The van der Waals surface area contributed by atoms with Gasteiger partial charge in [0.2, 0.25) is 30.3 Å². The Morgan fingerprint density at radius 3 is 1.23 bits per heavy atom. The van der Waals surface area contributed by atoms with Gasteiger partial charge >= 0.3 is 0 Å². The van der Waals surface area contributed by atoms with Gasteiger partial charge in [-0.1, -0.05) is 57.7 Å².